The number of ether oxygens (including phenoxy) is 3. The molecule has 0 radical (unpaired) electrons. The van der Waals surface area contributed by atoms with Gasteiger partial charge in [-0.15, -0.1) is 0 Å². The Bertz CT molecular complexity index is 207. The Labute approximate surface area is 117 Å². The molecule has 1 atom stereocenters. The molecule has 0 saturated heterocycles. The van der Waals surface area contributed by atoms with Crippen LogP contribution in [0.5, 0.6) is 0 Å². The van der Waals surface area contributed by atoms with Crippen molar-refractivity contribution in [3.63, 3.8) is 0 Å². The Kier molecular flexibility index (Phi) is 10.4. The van der Waals surface area contributed by atoms with Gasteiger partial charge in [-0.1, -0.05) is 13.8 Å². The molecule has 0 rings (SSSR count). The van der Waals surface area contributed by atoms with Gasteiger partial charge in [-0.2, -0.15) is 0 Å². The lowest BCUT2D eigenvalue weighted by atomic mass is 10.2. The van der Waals surface area contributed by atoms with Crippen molar-refractivity contribution in [3.05, 3.63) is 0 Å². The summed E-state index contributed by atoms with van der Waals surface area (Å²) in [5.74, 6) is 0. The summed E-state index contributed by atoms with van der Waals surface area (Å²) in [5.41, 5.74) is -0.134. The fourth-order valence-corrected chi connectivity index (χ4v) is 1.26. The number of hydrogen-bond acceptors (Lipinski definition) is 4. The maximum Gasteiger partial charge on any atom is 0.136 e. The summed E-state index contributed by atoms with van der Waals surface area (Å²) >= 11 is 0. The number of hydrogen-bond donors (Lipinski definition) is 1. The van der Waals surface area contributed by atoms with E-state index >= 15 is 0 Å². The third-order valence-electron chi connectivity index (χ3n) is 2.18. The standard InChI is InChI=1S/C14H30FNO3/c1-12(2)16-10-13(15)11-18-7-6-17-8-9-19-14(3,4)5/h12-13,16H,6-11H2,1-5H3. The minimum absolute atomic E-state index is 0.113. The molecule has 5 heteroatoms. The average molecular weight is 279 g/mol. The first kappa shape index (κ1) is 18.8. The zero-order chi connectivity index (χ0) is 14.7. The zero-order valence-corrected chi connectivity index (χ0v) is 13.0. The van der Waals surface area contributed by atoms with E-state index in [0.717, 1.165) is 0 Å². The molecule has 0 amide bonds. The highest BCUT2D eigenvalue weighted by atomic mass is 19.1. The van der Waals surface area contributed by atoms with Crippen molar-refractivity contribution in [3.8, 4) is 0 Å². The maximum absolute atomic E-state index is 13.3. The van der Waals surface area contributed by atoms with Crippen LogP contribution in [0.4, 0.5) is 4.39 Å². The van der Waals surface area contributed by atoms with Crippen molar-refractivity contribution < 1.29 is 18.6 Å². The van der Waals surface area contributed by atoms with Crippen LogP contribution >= 0.6 is 0 Å². The molecule has 0 heterocycles. The summed E-state index contributed by atoms with van der Waals surface area (Å²) in [7, 11) is 0. The van der Waals surface area contributed by atoms with Crippen LogP contribution in [0.15, 0.2) is 0 Å². The van der Waals surface area contributed by atoms with E-state index in [1.165, 1.54) is 0 Å². The van der Waals surface area contributed by atoms with E-state index in [4.69, 9.17) is 14.2 Å². The summed E-state index contributed by atoms with van der Waals surface area (Å²) in [6.45, 7) is 12.4. The Hall–Kier alpha value is -0.230. The summed E-state index contributed by atoms with van der Waals surface area (Å²) in [4.78, 5) is 0. The van der Waals surface area contributed by atoms with Crippen molar-refractivity contribution in [2.45, 2.75) is 52.4 Å². The van der Waals surface area contributed by atoms with E-state index in [9.17, 15) is 4.39 Å². The molecular weight excluding hydrogens is 249 g/mol. The minimum atomic E-state index is -0.966. The molecule has 0 fully saturated rings. The monoisotopic (exact) mass is 279 g/mol. The van der Waals surface area contributed by atoms with Crippen LogP contribution in [0, 0.1) is 0 Å². The van der Waals surface area contributed by atoms with Crippen LogP contribution < -0.4 is 5.32 Å². The van der Waals surface area contributed by atoms with E-state index in [1.807, 2.05) is 34.6 Å². The number of alkyl halides is 1. The Morgan fingerprint density at radius 1 is 1.00 bits per heavy atom. The molecule has 0 aliphatic heterocycles. The molecule has 0 aromatic carbocycles. The number of rotatable bonds is 11. The lowest BCUT2D eigenvalue weighted by Crippen LogP contribution is -2.32. The van der Waals surface area contributed by atoms with Crippen molar-refractivity contribution in [2.75, 3.05) is 39.6 Å². The fourth-order valence-electron chi connectivity index (χ4n) is 1.26. The van der Waals surface area contributed by atoms with Crippen molar-refractivity contribution >= 4 is 0 Å². The van der Waals surface area contributed by atoms with Crippen molar-refractivity contribution in [1.29, 1.82) is 0 Å². The van der Waals surface area contributed by atoms with Crippen LogP contribution in [-0.2, 0) is 14.2 Å². The molecule has 19 heavy (non-hydrogen) atoms. The Morgan fingerprint density at radius 3 is 2.16 bits per heavy atom. The molecule has 0 aromatic heterocycles. The van der Waals surface area contributed by atoms with Gasteiger partial charge < -0.3 is 19.5 Å². The zero-order valence-electron chi connectivity index (χ0n) is 13.0. The number of nitrogens with one attached hydrogen (secondary N) is 1. The maximum atomic E-state index is 13.3. The van der Waals surface area contributed by atoms with Gasteiger partial charge in [-0.05, 0) is 20.8 Å². The fraction of sp³-hybridized carbons (Fsp3) is 1.00. The molecule has 0 spiro atoms. The summed E-state index contributed by atoms with van der Waals surface area (Å²) in [5, 5.41) is 3.03. The highest BCUT2D eigenvalue weighted by molar-refractivity contribution is 4.61. The second kappa shape index (κ2) is 10.5. The first-order valence-electron chi connectivity index (χ1n) is 6.98. The third kappa shape index (κ3) is 15.7. The molecule has 0 aliphatic carbocycles. The van der Waals surface area contributed by atoms with E-state index in [2.05, 4.69) is 5.32 Å². The van der Waals surface area contributed by atoms with Gasteiger partial charge in [0.15, 0.2) is 0 Å². The quantitative estimate of drug-likeness (QED) is 0.588. The smallest absolute Gasteiger partial charge is 0.136 e. The lowest BCUT2D eigenvalue weighted by molar-refractivity contribution is -0.0444. The van der Waals surface area contributed by atoms with E-state index in [0.29, 0.717) is 39.0 Å². The first-order valence-corrected chi connectivity index (χ1v) is 6.98. The Morgan fingerprint density at radius 2 is 1.58 bits per heavy atom. The lowest BCUT2D eigenvalue weighted by Gasteiger charge is -2.19. The summed E-state index contributed by atoms with van der Waals surface area (Å²) in [6.07, 6.45) is -0.966. The highest BCUT2D eigenvalue weighted by Gasteiger charge is 2.09. The Balaban J connectivity index is 3.22. The molecule has 4 nitrogen and oxygen atoms in total. The molecule has 0 saturated carbocycles. The van der Waals surface area contributed by atoms with Gasteiger partial charge in [0.05, 0.1) is 38.6 Å². The summed E-state index contributed by atoms with van der Waals surface area (Å²) < 4.78 is 29.3. The van der Waals surface area contributed by atoms with Gasteiger partial charge in [0.1, 0.15) is 6.17 Å². The molecule has 1 unspecified atom stereocenters. The van der Waals surface area contributed by atoms with E-state index in [1.54, 1.807) is 0 Å². The minimum Gasteiger partial charge on any atom is -0.377 e. The van der Waals surface area contributed by atoms with Crippen molar-refractivity contribution in [1.82, 2.24) is 5.32 Å². The van der Waals surface area contributed by atoms with E-state index < -0.39 is 6.17 Å². The molecule has 1 N–H and O–H groups in total. The molecule has 0 aromatic rings. The van der Waals surface area contributed by atoms with E-state index in [-0.39, 0.29) is 12.2 Å². The SMILES string of the molecule is CC(C)NCC(F)COCCOCCOC(C)(C)C. The largest absolute Gasteiger partial charge is 0.377 e. The van der Waals surface area contributed by atoms with Gasteiger partial charge in [-0.3, -0.25) is 0 Å². The number of halogens is 1. The first-order chi connectivity index (χ1) is 8.81. The second-order valence-electron chi connectivity index (χ2n) is 5.81. The van der Waals surface area contributed by atoms with Crippen molar-refractivity contribution in [2.24, 2.45) is 0 Å². The summed E-state index contributed by atoms with van der Waals surface area (Å²) in [6, 6.07) is 0.296. The average Bonchev–Trinajstić information content (AvgIpc) is 2.28. The van der Waals surface area contributed by atoms with Gasteiger partial charge in [0, 0.05) is 12.6 Å². The topological polar surface area (TPSA) is 39.7 Å². The molecule has 0 aliphatic rings. The van der Waals surface area contributed by atoms with Crippen LogP contribution in [-0.4, -0.2) is 57.4 Å². The van der Waals surface area contributed by atoms with Crippen LogP contribution in [0.2, 0.25) is 0 Å². The third-order valence-corrected chi connectivity index (χ3v) is 2.18. The normalized spacial score (nSPS) is 14.1. The van der Waals surface area contributed by atoms with Gasteiger partial charge in [0.2, 0.25) is 0 Å². The molecule has 0 bridgehead atoms. The predicted octanol–water partition coefficient (Wildman–Crippen LogP) is 2.17. The molecule has 116 valence electrons. The van der Waals surface area contributed by atoms with Crippen LogP contribution in [0.3, 0.4) is 0 Å². The van der Waals surface area contributed by atoms with Crippen LogP contribution in [0.25, 0.3) is 0 Å². The molecular formula is C14H30FNO3. The van der Waals surface area contributed by atoms with Gasteiger partial charge in [0.25, 0.3) is 0 Å². The highest BCUT2D eigenvalue weighted by Crippen LogP contribution is 2.05. The van der Waals surface area contributed by atoms with Crippen LogP contribution in [0.1, 0.15) is 34.6 Å². The predicted molar refractivity (Wildman–Crippen MR) is 75.4 cm³/mol. The van der Waals surface area contributed by atoms with Gasteiger partial charge >= 0.3 is 0 Å². The van der Waals surface area contributed by atoms with Gasteiger partial charge in [-0.25, -0.2) is 4.39 Å². The second-order valence-corrected chi connectivity index (χ2v) is 5.81.